The third kappa shape index (κ3) is 3.42. The largest absolute Gasteiger partial charge is 0.481 e. The second-order valence-electron chi connectivity index (χ2n) is 2.03. The van der Waals surface area contributed by atoms with Crippen LogP contribution in [0.15, 0.2) is 12.2 Å². The molecule has 4 nitrogen and oxygen atoms in total. The standard InChI is InChI=1S/C8H8O4/c1-2-3-4-5-6(7(9)10)8(11)12/h1,3-4,6H,5H2,(H,9,10)(H,11,12)/b4-3-. The molecular weight excluding hydrogens is 160 g/mol. The van der Waals surface area contributed by atoms with Gasteiger partial charge in [0.25, 0.3) is 0 Å². The van der Waals surface area contributed by atoms with Crippen LogP contribution in [0.4, 0.5) is 0 Å². The molecular formula is C8H8O4. The van der Waals surface area contributed by atoms with Gasteiger partial charge in [0, 0.05) is 0 Å². The highest BCUT2D eigenvalue weighted by molar-refractivity contribution is 5.92. The molecule has 0 bridgehead atoms. The van der Waals surface area contributed by atoms with E-state index < -0.39 is 17.9 Å². The van der Waals surface area contributed by atoms with Gasteiger partial charge in [-0.25, -0.2) is 0 Å². The van der Waals surface area contributed by atoms with Crippen LogP contribution in [-0.4, -0.2) is 22.2 Å². The van der Waals surface area contributed by atoms with E-state index in [1.807, 2.05) is 0 Å². The first-order valence-electron chi connectivity index (χ1n) is 3.16. The molecule has 0 fully saturated rings. The first-order chi connectivity index (χ1) is 5.59. The van der Waals surface area contributed by atoms with Crippen molar-refractivity contribution in [2.45, 2.75) is 6.42 Å². The fraction of sp³-hybridized carbons (Fsp3) is 0.250. The van der Waals surface area contributed by atoms with E-state index in [1.165, 1.54) is 12.2 Å². The molecule has 12 heavy (non-hydrogen) atoms. The number of rotatable bonds is 4. The van der Waals surface area contributed by atoms with Crippen LogP contribution >= 0.6 is 0 Å². The lowest BCUT2D eigenvalue weighted by Crippen LogP contribution is -2.22. The molecule has 0 saturated carbocycles. The monoisotopic (exact) mass is 168 g/mol. The molecule has 0 amide bonds. The third-order valence-electron chi connectivity index (χ3n) is 1.18. The second kappa shape index (κ2) is 4.97. The van der Waals surface area contributed by atoms with Gasteiger partial charge in [-0.2, -0.15) is 0 Å². The van der Waals surface area contributed by atoms with Gasteiger partial charge in [-0.1, -0.05) is 12.0 Å². The Hall–Kier alpha value is -1.76. The van der Waals surface area contributed by atoms with Crippen molar-refractivity contribution in [2.24, 2.45) is 5.92 Å². The summed E-state index contributed by atoms with van der Waals surface area (Å²) in [5.41, 5.74) is 0. The molecule has 0 spiro atoms. The summed E-state index contributed by atoms with van der Waals surface area (Å²) in [5.74, 6) is -1.99. The Morgan fingerprint density at radius 3 is 2.25 bits per heavy atom. The molecule has 64 valence electrons. The topological polar surface area (TPSA) is 74.6 Å². The van der Waals surface area contributed by atoms with Gasteiger partial charge in [-0.3, -0.25) is 9.59 Å². The van der Waals surface area contributed by atoms with Crippen molar-refractivity contribution in [1.29, 1.82) is 0 Å². The van der Waals surface area contributed by atoms with Crippen molar-refractivity contribution in [2.75, 3.05) is 0 Å². The SMILES string of the molecule is C#C/C=C\CC(C(=O)O)C(=O)O. The van der Waals surface area contributed by atoms with Crippen LogP contribution in [0.25, 0.3) is 0 Å². The van der Waals surface area contributed by atoms with Crippen molar-refractivity contribution in [3.8, 4) is 12.3 Å². The molecule has 0 aromatic heterocycles. The Kier molecular flexibility index (Phi) is 4.24. The maximum atomic E-state index is 10.3. The minimum Gasteiger partial charge on any atom is -0.481 e. The molecule has 0 rings (SSSR count). The third-order valence-corrected chi connectivity index (χ3v) is 1.18. The van der Waals surface area contributed by atoms with Crippen molar-refractivity contribution in [3.05, 3.63) is 12.2 Å². The maximum absolute atomic E-state index is 10.3. The highest BCUT2D eigenvalue weighted by atomic mass is 16.4. The fourth-order valence-electron chi connectivity index (χ4n) is 0.579. The van der Waals surface area contributed by atoms with E-state index in [9.17, 15) is 9.59 Å². The van der Waals surface area contributed by atoms with E-state index in [-0.39, 0.29) is 6.42 Å². The number of carboxylic acid groups (broad SMARTS) is 2. The normalized spacial score (nSPS) is 10.0. The van der Waals surface area contributed by atoms with E-state index >= 15 is 0 Å². The Balaban J connectivity index is 4.17. The molecule has 0 heterocycles. The van der Waals surface area contributed by atoms with Gasteiger partial charge < -0.3 is 10.2 Å². The molecule has 0 saturated heterocycles. The van der Waals surface area contributed by atoms with Crippen LogP contribution in [0.1, 0.15) is 6.42 Å². The summed E-state index contributed by atoms with van der Waals surface area (Å²) < 4.78 is 0. The van der Waals surface area contributed by atoms with Gasteiger partial charge in [0.15, 0.2) is 5.92 Å². The number of carboxylic acids is 2. The van der Waals surface area contributed by atoms with E-state index in [0.29, 0.717) is 0 Å². The number of carbonyl (C=O) groups is 2. The average Bonchev–Trinajstić information content (AvgIpc) is 1.96. The van der Waals surface area contributed by atoms with Crippen LogP contribution in [0.5, 0.6) is 0 Å². The molecule has 0 unspecified atom stereocenters. The molecule has 0 aromatic carbocycles. The molecule has 0 aliphatic rings. The van der Waals surface area contributed by atoms with Gasteiger partial charge in [0.2, 0.25) is 0 Å². The summed E-state index contributed by atoms with van der Waals surface area (Å²) in [6, 6.07) is 0. The van der Waals surface area contributed by atoms with Crippen molar-refractivity contribution in [1.82, 2.24) is 0 Å². The molecule has 0 aliphatic carbocycles. The first kappa shape index (κ1) is 10.2. The Bertz CT molecular complexity index is 232. The number of allylic oxidation sites excluding steroid dienone is 2. The number of aliphatic carboxylic acids is 2. The van der Waals surface area contributed by atoms with Gasteiger partial charge in [0.1, 0.15) is 0 Å². The predicted molar refractivity (Wildman–Crippen MR) is 41.4 cm³/mol. The zero-order valence-corrected chi connectivity index (χ0v) is 6.23. The van der Waals surface area contributed by atoms with Gasteiger partial charge in [-0.05, 0) is 12.5 Å². The number of terminal acetylenes is 1. The fourth-order valence-corrected chi connectivity index (χ4v) is 0.579. The lowest BCUT2D eigenvalue weighted by Gasteiger charge is -2.01. The lowest BCUT2D eigenvalue weighted by molar-refractivity contribution is -0.154. The van der Waals surface area contributed by atoms with E-state index in [4.69, 9.17) is 16.6 Å². The average molecular weight is 168 g/mol. The highest BCUT2D eigenvalue weighted by Gasteiger charge is 2.23. The first-order valence-corrected chi connectivity index (χ1v) is 3.16. The highest BCUT2D eigenvalue weighted by Crippen LogP contribution is 2.04. The molecule has 4 heteroatoms. The predicted octanol–water partition coefficient (Wildman–Crippen LogP) is 0.351. The number of hydrogen-bond donors (Lipinski definition) is 2. The maximum Gasteiger partial charge on any atom is 0.318 e. The molecule has 0 atom stereocenters. The van der Waals surface area contributed by atoms with Crippen LogP contribution in [0.3, 0.4) is 0 Å². The second-order valence-corrected chi connectivity index (χ2v) is 2.03. The summed E-state index contributed by atoms with van der Waals surface area (Å²) in [6.07, 6.45) is 7.36. The Morgan fingerprint density at radius 1 is 1.42 bits per heavy atom. The van der Waals surface area contributed by atoms with Gasteiger partial charge in [0.05, 0.1) is 0 Å². The van der Waals surface area contributed by atoms with Gasteiger partial charge in [-0.15, -0.1) is 6.42 Å². The Morgan fingerprint density at radius 2 is 1.92 bits per heavy atom. The number of hydrogen-bond acceptors (Lipinski definition) is 2. The molecule has 0 aromatic rings. The van der Waals surface area contributed by atoms with Crippen molar-refractivity contribution in [3.63, 3.8) is 0 Å². The van der Waals surface area contributed by atoms with Crippen LogP contribution < -0.4 is 0 Å². The smallest absolute Gasteiger partial charge is 0.318 e. The summed E-state index contributed by atoms with van der Waals surface area (Å²) in [4.78, 5) is 20.5. The van der Waals surface area contributed by atoms with E-state index in [1.54, 1.807) is 0 Å². The quantitative estimate of drug-likeness (QED) is 0.469. The molecule has 0 radical (unpaired) electrons. The van der Waals surface area contributed by atoms with E-state index in [0.717, 1.165) is 0 Å². The summed E-state index contributed by atoms with van der Waals surface area (Å²) in [6.45, 7) is 0. The summed E-state index contributed by atoms with van der Waals surface area (Å²) in [5, 5.41) is 16.8. The van der Waals surface area contributed by atoms with Gasteiger partial charge >= 0.3 is 11.9 Å². The minimum atomic E-state index is -1.41. The summed E-state index contributed by atoms with van der Waals surface area (Å²) in [7, 11) is 0. The summed E-state index contributed by atoms with van der Waals surface area (Å²) >= 11 is 0. The molecule has 0 aliphatic heterocycles. The van der Waals surface area contributed by atoms with Crippen LogP contribution in [-0.2, 0) is 9.59 Å². The zero-order valence-electron chi connectivity index (χ0n) is 6.23. The van der Waals surface area contributed by atoms with Crippen LogP contribution in [0.2, 0.25) is 0 Å². The molecule has 2 N–H and O–H groups in total. The lowest BCUT2D eigenvalue weighted by atomic mass is 10.1. The van der Waals surface area contributed by atoms with Crippen molar-refractivity contribution < 1.29 is 19.8 Å². The Labute approximate surface area is 69.5 Å². The zero-order chi connectivity index (χ0) is 9.56. The van der Waals surface area contributed by atoms with E-state index in [2.05, 4.69) is 5.92 Å². The van der Waals surface area contributed by atoms with Crippen LogP contribution in [0, 0.1) is 18.3 Å². The van der Waals surface area contributed by atoms with Crippen molar-refractivity contribution >= 4 is 11.9 Å². The minimum absolute atomic E-state index is 0.0884.